The number of carbonyl (C=O) groups is 3. The van der Waals surface area contributed by atoms with Crippen LogP contribution in [0.5, 0.6) is 11.5 Å². The summed E-state index contributed by atoms with van der Waals surface area (Å²) in [6.07, 6.45) is 4.31. The van der Waals surface area contributed by atoms with E-state index in [1.54, 1.807) is 36.4 Å². The SMILES string of the molecule is COc1cc(C=NNC(=O)C(=O)Nc2cccc3ccccc23)ccc1OC(=O)C=Cc1ccccc1. The van der Waals surface area contributed by atoms with Gasteiger partial charge in [0.25, 0.3) is 0 Å². The lowest BCUT2D eigenvalue weighted by Crippen LogP contribution is -2.32. The molecule has 4 aromatic carbocycles. The van der Waals surface area contributed by atoms with Crippen LogP contribution in [0.1, 0.15) is 11.1 Å². The van der Waals surface area contributed by atoms with Gasteiger partial charge < -0.3 is 14.8 Å². The minimum absolute atomic E-state index is 0.223. The van der Waals surface area contributed by atoms with E-state index in [-0.39, 0.29) is 5.75 Å². The van der Waals surface area contributed by atoms with Gasteiger partial charge >= 0.3 is 17.8 Å². The van der Waals surface area contributed by atoms with Crippen molar-refractivity contribution < 1.29 is 23.9 Å². The highest BCUT2D eigenvalue weighted by atomic mass is 16.6. The second kappa shape index (κ2) is 11.9. The van der Waals surface area contributed by atoms with E-state index in [4.69, 9.17) is 9.47 Å². The van der Waals surface area contributed by atoms with Crippen molar-refractivity contribution in [1.82, 2.24) is 5.43 Å². The number of nitrogens with one attached hydrogen (secondary N) is 2. The second-order valence-electron chi connectivity index (χ2n) is 7.76. The molecule has 2 amide bonds. The molecule has 0 radical (unpaired) electrons. The van der Waals surface area contributed by atoms with E-state index in [1.807, 2.05) is 60.7 Å². The van der Waals surface area contributed by atoms with Crippen LogP contribution in [0.4, 0.5) is 5.69 Å². The average molecular weight is 494 g/mol. The first-order valence-corrected chi connectivity index (χ1v) is 11.3. The number of amides is 2. The smallest absolute Gasteiger partial charge is 0.336 e. The Morgan fingerprint density at radius 1 is 0.784 bits per heavy atom. The van der Waals surface area contributed by atoms with Crippen LogP contribution in [-0.4, -0.2) is 31.1 Å². The zero-order valence-corrected chi connectivity index (χ0v) is 19.9. The van der Waals surface area contributed by atoms with E-state index in [0.29, 0.717) is 17.0 Å². The van der Waals surface area contributed by atoms with Crippen LogP contribution in [0.25, 0.3) is 16.8 Å². The molecule has 0 saturated carbocycles. The molecule has 4 rings (SSSR count). The Kier molecular flexibility index (Phi) is 8.03. The van der Waals surface area contributed by atoms with Crippen LogP contribution in [0, 0.1) is 0 Å². The Morgan fingerprint density at radius 3 is 2.35 bits per heavy atom. The molecule has 184 valence electrons. The van der Waals surface area contributed by atoms with E-state index in [9.17, 15) is 14.4 Å². The van der Waals surface area contributed by atoms with Crippen molar-refractivity contribution in [2.75, 3.05) is 12.4 Å². The maximum absolute atomic E-state index is 12.3. The number of carbonyl (C=O) groups excluding carboxylic acids is 3. The van der Waals surface area contributed by atoms with Gasteiger partial charge in [0.05, 0.1) is 13.3 Å². The second-order valence-corrected chi connectivity index (χ2v) is 7.76. The highest BCUT2D eigenvalue weighted by molar-refractivity contribution is 6.40. The summed E-state index contributed by atoms with van der Waals surface area (Å²) in [5.74, 6) is -1.82. The van der Waals surface area contributed by atoms with Gasteiger partial charge in [-0.05, 0) is 46.9 Å². The van der Waals surface area contributed by atoms with Crippen LogP contribution in [-0.2, 0) is 14.4 Å². The third-order valence-electron chi connectivity index (χ3n) is 5.23. The molecule has 0 aliphatic carbocycles. The van der Waals surface area contributed by atoms with Crippen molar-refractivity contribution in [3.8, 4) is 11.5 Å². The molecule has 0 aromatic heterocycles. The predicted octanol–water partition coefficient (Wildman–Crippen LogP) is 4.56. The van der Waals surface area contributed by atoms with E-state index >= 15 is 0 Å². The Balaban J connectivity index is 1.35. The van der Waals surface area contributed by atoms with Crippen LogP contribution in [0.2, 0.25) is 0 Å². The molecule has 0 aliphatic rings. The molecular formula is C29H23N3O5. The molecule has 0 heterocycles. The number of benzene rings is 4. The van der Waals surface area contributed by atoms with E-state index in [1.165, 1.54) is 19.4 Å². The maximum Gasteiger partial charge on any atom is 0.336 e. The Hall–Kier alpha value is -5.24. The summed E-state index contributed by atoms with van der Waals surface area (Å²) in [6, 6.07) is 27.0. The van der Waals surface area contributed by atoms with Crippen molar-refractivity contribution in [1.29, 1.82) is 0 Å². The zero-order valence-electron chi connectivity index (χ0n) is 19.9. The highest BCUT2D eigenvalue weighted by Gasteiger charge is 2.14. The van der Waals surface area contributed by atoms with Gasteiger partial charge in [-0.2, -0.15) is 5.10 Å². The fourth-order valence-electron chi connectivity index (χ4n) is 3.45. The van der Waals surface area contributed by atoms with Gasteiger partial charge in [0.1, 0.15) is 0 Å². The molecule has 0 unspecified atom stereocenters. The first-order valence-electron chi connectivity index (χ1n) is 11.3. The number of hydrazone groups is 1. The monoisotopic (exact) mass is 493 g/mol. The van der Waals surface area contributed by atoms with Gasteiger partial charge in [-0.15, -0.1) is 0 Å². The minimum Gasteiger partial charge on any atom is -0.493 e. The third-order valence-corrected chi connectivity index (χ3v) is 5.23. The Morgan fingerprint density at radius 2 is 1.54 bits per heavy atom. The first kappa shape index (κ1) is 24.9. The summed E-state index contributed by atoms with van der Waals surface area (Å²) in [6.45, 7) is 0. The van der Waals surface area contributed by atoms with Crippen LogP contribution >= 0.6 is 0 Å². The molecule has 0 fully saturated rings. The predicted molar refractivity (Wildman–Crippen MR) is 142 cm³/mol. The van der Waals surface area contributed by atoms with E-state index in [2.05, 4.69) is 15.8 Å². The van der Waals surface area contributed by atoms with Crippen molar-refractivity contribution in [3.63, 3.8) is 0 Å². The molecule has 0 atom stereocenters. The molecule has 0 saturated heterocycles. The van der Waals surface area contributed by atoms with Crippen LogP contribution in [0.3, 0.4) is 0 Å². The number of hydrogen-bond acceptors (Lipinski definition) is 6. The summed E-state index contributed by atoms with van der Waals surface area (Å²) < 4.78 is 10.7. The number of anilines is 1. The van der Waals surface area contributed by atoms with Gasteiger partial charge in [0, 0.05) is 17.1 Å². The molecule has 0 aliphatic heterocycles. The Labute approximate surface area is 213 Å². The summed E-state index contributed by atoms with van der Waals surface area (Å²) in [5, 5.41) is 8.19. The first-order chi connectivity index (χ1) is 18.0. The number of ether oxygens (including phenoxy) is 2. The van der Waals surface area contributed by atoms with Crippen molar-refractivity contribution >= 4 is 46.5 Å². The highest BCUT2D eigenvalue weighted by Crippen LogP contribution is 2.28. The molecular weight excluding hydrogens is 470 g/mol. The number of nitrogens with zero attached hydrogens (tertiary/aromatic N) is 1. The van der Waals surface area contributed by atoms with Gasteiger partial charge in [-0.3, -0.25) is 9.59 Å². The van der Waals surface area contributed by atoms with Crippen molar-refractivity contribution in [2.45, 2.75) is 0 Å². The van der Waals surface area contributed by atoms with Gasteiger partial charge in [-0.1, -0.05) is 66.7 Å². The lowest BCUT2D eigenvalue weighted by Gasteiger charge is -2.09. The van der Waals surface area contributed by atoms with Crippen molar-refractivity contribution in [2.24, 2.45) is 5.10 Å². The Bertz CT molecular complexity index is 1490. The standard InChI is InChI=1S/C29H23N3O5/c1-36-26-18-21(14-16-25(26)37-27(33)17-15-20-8-3-2-4-9-20)19-30-32-29(35)28(34)31-24-13-7-11-22-10-5-6-12-23(22)24/h2-19H,1H3,(H,31,34)(H,32,35). The van der Waals surface area contributed by atoms with Crippen LogP contribution in [0.15, 0.2) is 102 Å². The number of fused-ring (bicyclic) bond motifs is 1. The third kappa shape index (κ3) is 6.67. The average Bonchev–Trinajstić information content (AvgIpc) is 2.93. The molecule has 8 heteroatoms. The van der Waals surface area contributed by atoms with Crippen LogP contribution < -0.4 is 20.2 Å². The summed E-state index contributed by atoms with van der Waals surface area (Å²) in [4.78, 5) is 36.7. The molecule has 0 spiro atoms. The quantitative estimate of drug-likeness (QED) is 0.0981. The molecule has 0 bridgehead atoms. The lowest BCUT2D eigenvalue weighted by molar-refractivity contribution is -0.136. The minimum atomic E-state index is -0.924. The summed E-state index contributed by atoms with van der Waals surface area (Å²) in [7, 11) is 1.44. The topological polar surface area (TPSA) is 106 Å². The molecule has 8 nitrogen and oxygen atoms in total. The lowest BCUT2D eigenvalue weighted by atomic mass is 10.1. The fourth-order valence-corrected chi connectivity index (χ4v) is 3.45. The number of hydrogen-bond donors (Lipinski definition) is 2. The van der Waals surface area contributed by atoms with Gasteiger partial charge in [0.2, 0.25) is 0 Å². The van der Waals surface area contributed by atoms with E-state index < -0.39 is 17.8 Å². The number of rotatable bonds is 7. The normalized spacial score (nSPS) is 10.9. The maximum atomic E-state index is 12.3. The van der Waals surface area contributed by atoms with Gasteiger partial charge in [-0.25, -0.2) is 10.2 Å². The zero-order chi connectivity index (χ0) is 26.0. The van der Waals surface area contributed by atoms with Crippen molar-refractivity contribution in [3.05, 3.63) is 108 Å². The fraction of sp³-hybridized carbons (Fsp3) is 0.0345. The summed E-state index contributed by atoms with van der Waals surface area (Å²) in [5.41, 5.74) is 4.14. The molecule has 2 N–H and O–H groups in total. The molecule has 4 aromatic rings. The molecule has 37 heavy (non-hydrogen) atoms. The van der Waals surface area contributed by atoms with E-state index in [0.717, 1.165) is 16.3 Å². The largest absolute Gasteiger partial charge is 0.493 e. The van der Waals surface area contributed by atoms with Gasteiger partial charge in [0.15, 0.2) is 11.5 Å². The number of esters is 1. The summed E-state index contributed by atoms with van der Waals surface area (Å²) >= 11 is 0. The number of methoxy groups -OCH3 is 1.